The van der Waals surface area contributed by atoms with Crippen molar-refractivity contribution in [2.75, 3.05) is 7.05 Å². The van der Waals surface area contributed by atoms with Crippen LogP contribution in [0.15, 0.2) is 18.2 Å². The van der Waals surface area contributed by atoms with Gasteiger partial charge in [0.25, 0.3) is 0 Å². The Morgan fingerprint density at radius 3 is 3.27 bits per heavy atom. The van der Waals surface area contributed by atoms with Crippen LogP contribution < -0.4 is 0 Å². The SMILES string of the molecule is CN1Cc2cc[c]cc2C1F. The van der Waals surface area contributed by atoms with E-state index in [-0.39, 0.29) is 0 Å². The minimum absolute atomic E-state index is 0.713. The van der Waals surface area contributed by atoms with Gasteiger partial charge in [0, 0.05) is 12.1 Å². The molecule has 1 unspecified atom stereocenters. The molecule has 0 fully saturated rings. The van der Waals surface area contributed by atoms with Crippen LogP contribution in [0.4, 0.5) is 4.39 Å². The summed E-state index contributed by atoms with van der Waals surface area (Å²) in [5.74, 6) is 0. The van der Waals surface area contributed by atoms with E-state index in [4.69, 9.17) is 0 Å². The van der Waals surface area contributed by atoms with Crippen LogP contribution >= 0.6 is 0 Å². The van der Waals surface area contributed by atoms with E-state index in [0.717, 1.165) is 11.1 Å². The van der Waals surface area contributed by atoms with Gasteiger partial charge in [0.1, 0.15) is 0 Å². The van der Waals surface area contributed by atoms with Crippen molar-refractivity contribution in [3.8, 4) is 0 Å². The van der Waals surface area contributed by atoms with Gasteiger partial charge in [0.05, 0.1) is 0 Å². The second-order valence-corrected chi connectivity index (χ2v) is 2.88. The Morgan fingerprint density at radius 1 is 1.73 bits per heavy atom. The number of nitrogens with zero attached hydrogens (tertiary/aromatic N) is 1. The van der Waals surface area contributed by atoms with Crippen LogP contribution in [-0.4, -0.2) is 11.9 Å². The minimum atomic E-state index is -0.928. The number of hydrogen-bond acceptors (Lipinski definition) is 1. The third-order valence-electron chi connectivity index (χ3n) is 2.05. The van der Waals surface area contributed by atoms with Gasteiger partial charge in [0.2, 0.25) is 0 Å². The van der Waals surface area contributed by atoms with Crippen molar-refractivity contribution in [1.29, 1.82) is 0 Å². The maximum absolute atomic E-state index is 13.2. The second kappa shape index (κ2) is 2.31. The first-order chi connectivity index (χ1) is 5.29. The summed E-state index contributed by atoms with van der Waals surface area (Å²) < 4.78 is 13.2. The molecule has 1 radical (unpaired) electrons. The molecule has 0 amide bonds. The van der Waals surface area contributed by atoms with Crippen molar-refractivity contribution in [3.63, 3.8) is 0 Å². The molecule has 0 N–H and O–H groups in total. The van der Waals surface area contributed by atoms with Crippen LogP contribution in [0.25, 0.3) is 0 Å². The quantitative estimate of drug-likeness (QED) is 0.510. The third-order valence-corrected chi connectivity index (χ3v) is 2.05. The first-order valence-electron chi connectivity index (χ1n) is 3.62. The zero-order valence-electron chi connectivity index (χ0n) is 6.34. The zero-order chi connectivity index (χ0) is 7.84. The first kappa shape index (κ1) is 6.80. The van der Waals surface area contributed by atoms with Gasteiger partial charge < -0.3 is 0 Å². The summed E-state index contributed by atoms with van der Waals surface area (Å²) in [6.45, 7) is 0.713. The molecule has 1 aromatic rings. The molecule has 0 aromatic heterocycles. The zero-order valence-corrected chi connectivity index (χ0v) is 6.34. The van der Waals surface area contributed by atoms with Gasteiger partial charge in [-0.05, 0) is 24.7 Å². The van der Waals surface area contributed by atoms with E-state index in [1.54, 1.807) is 18.0 Å². The van der Waals surface area contributed by atoms with Gasteiger partial charge in [-0.1, -0.05) is 12.1 Å². The summed E-state index contributed by atoms with van der Waals surface area (Å²) in [5, 5.41) is 0. The molecule has 0 saturated heterocycles. The summed E-state index contributed by atoms with van der Waals surface area (Å²) in [6, 6.07) is 8.35. The predicted octanol–water partition coefficient (Wildman–Crippen LogP) is 1.90. The normalized spacial score (nSPS) is 23.6. The number of halogens is 1. The highest BCUT2D eigenvalue weighted by molar-refractivity contribution is 5.31. The van der Waals surface area contributed by atoms with Crippen LogP contribution in [0, 0.1) is 6.07 Å². The maximum atomic E-state index is 13.2. The smallest absolute Gasteiger partial charge is 0.179 e. The lowest BCUT2D eigenvalue weighted by Crippen LogP contribution is -2.11. The highest BCUT2D eigenvalue weighted by Gasteiger charge is 2.25. The molecule has 1 aliphatic rings. The fourth-order valence-corrected chi connectivity index (χ4v) is 1.43. The highest BCUT2D eigenvalue weighted by Crippen LogP contribution is 2.32. The Kier molecular flexibility index (Phi) is 1.43. The highest BCUT2D eigenvalue weighted by atomic mass is 19.1. The lowest BCUT2D eigenvalue weighted by Gasteiger charge is -2.09. The van der Waals surface area contributed by atoms with Crippen LogP contribution in [-0.2, 0) is 6.54 Å². The third kappa shape index (κ3) is 0.942. The van der Waals surface area contributed by atoms with E-state index < -0.39 is 6.30 Å². The molecule has 0 saturated carbocycles. The largest absolute Gasteiger partial charge is 0.269 e. The molecule has 0 bridgehead atoms. The van der Waals surface area contributed by atoms with Crippen molar-refractivity contribution in [2.24, 2.45) is 0 Å². The number of hydrogen-bond donors (Lipinski definition) is 0. The molecule has 1 atom stereocenters. The number of fused-ring (bicyclic) bond motifs is 1. The Labute approximate surface area is 65.4 Å². The van der Waals surface area contributed by atoms with Gasteiger partial charge in [-0.3, -0.25) is 4.90 Å². The Balaban J connectivity index is 2.47. The first-order valence-corrected chi connectivity index (χ1v) is 3.62. The molecule has 1 aromatic carbocycles. The van der Waals surface area contributed by atoms with Crippen LogP contribution in [0.5, 0.6) is 0 Å². The molecule has 1 nitrogen and oxygen atoms in total. The summed E-state index contributed by atoms with van der Waals surface area (Å²) in [5.41, 5.74) is 1.86. The summed E-state index contributed by atoms with van der Waals surface area (Å²) in [6.07, 6.45) is -0.928. The van der Waals surface area contributed by atoms with E-state index in [9.17, 15) is 4.39 Å². The summed E-state index contributed by atoms with van der Waals surface area (Å²) >= 11 is 0. The van der Waals surface area contributed by atoms with Crippen molar-refractivity contribution in [3.05, 3.63) is 35.4 Å². The molecule has 2 heteroatoms. The number of rotatable bonds is 0. The maximum Gasteiger partial charge on any atom is 0.179 e. The van der Waals surface area contributed by atoms with E-state index in [0.29, 0.717) is 6.54 Å². The van der Waals surface area contributed by atoms with Gasteiger partial charge in [0.15, 0.2) is 6.30 Å². The lowest BCUT2D eigenvalue weighted by atomic mass is 10.1. The molecule has 11 heavy (non-hydrogen) atoms. The minimum Gasteiger partial charge on any atom is -0.269 e. The molecular weight excluding hydrogens is 141 g/mol. The predicted molar refractivity (Wildman–Crippen MR) is 40.6 cm³/mol. The van der Waals surface area contributed by atoms with Crippen molar-refractivity contribution in [1.82, 2.24) is 4.90 Å². The molecule has 57 valence electrons. The second-order valence-electron chi connectivity index (χ2n) is 2.88. The van der Waals surface area contributed by atoms with E-state index in [1.807, 2.05) is 12.1 Å². The Morgan fingerprint density at radius 2 is 2.55 bits per heavy atom. The number of alkyl halides is 1. The fraction of sp³-hybridized carbons (Fsp3) is 0.333. The molecule has 1 aliphatic heterocycles. The van der Waals surface area contributed by atoms with E-state index in [1.165, 1.54) is 0 Å². The standard InChI is InChI=1S/C9H9FN/c1-11-6-7-4-2-3-5-8(7)9(11)10/h2,4-5,9H,6H2,1H3. The molecule has 1 heterocycles. The van der Waals surface area contributed by atoms with Crippen LogP contribution in [0.1, 0.15) is 17.4 Å². The average Bonchev–Trinajstić information content (AvgIpc) is 2.30. The average molecular weight is 150 g/mol. The molecule has 0 spiro atoms. The van der Waals surface area contributed by atoms with Gasteiger partial charge in [-0.15, -0.1) is 0 Å². The lowest BCUT2D eigenvalue weighted by molar-refractivity contribution is 0.128. The van der Waals surface area contributed by atoms with Crippen LogP contribution in [0.3, 0.4) is 0 Å². The molecule has 2 rings (SSSR count). The Bertz CT molecular complexity index is 272. The van der Waals surface area contributed by atoms with Crippen molar-refractivity contribution < 1.29 is 4.39 Å². The monoisotopic (exact) mass is 150 g/mol. The van der Waals surface area contributed by atoms with E-state index >= 15 is 0 Å². The Hall–Kier alpha value is -0.890. The number of benzene rings is 1. The topological polar surface area (TPSA) is 3.24 Å². The summed E-state index contributed by atoms with van der Waals surface area (Å²) in [4.78, 5) is 1.68. The van der Waals surface area contributed by atoms with Crippen molar-refractivity contribution in [2.45, 2.75) is 12.8 Å². The van der Waals surface area contributed by atoms with Crippen LogP contribution in [0.2, 0.25) is 0 Å². The van der Waals surface area contributed by atoms with E-state index in [2.05, 4.69) is 6.07 Å². The van der Waals surface area contributed by atoms with Gasteiger partial charge >= 0.3 is 0 Å². The molecular formula is C9H9FN. The van der Waals surface area contributed by atoms with Crippen molar-refractivity contribution >= 4 is 0 Å². The molecule has 0 aliphatic carbocycles. The summed E-state index contributed by atoms with van der Waals surface area (Å²) in [7, 11) is 1.78. The van der Waals surface area contributed by atoms with Gasteiger partial charge in [-0.2, -0.15) is 0 Å². The fourth-order valence-electron chi connectivity index (χ4n) is 1.43. The van der Waals surface area contributed by atoms with Gasteiger partial charge in [-0.25, -0.2) is 4.39 Å².